The maximum atomic E-state index is 6.77. The number of rotatable bonds is 4. The van der Waals surface area contributed by atoms with E-state index in [0.29, 0.717) is 5.92 Å². The molecule has 11 rings (SSSR count). The molecule has 0 radical (unpaired) electrons. The Balaban J connectivity index is 0.987. The van der Waals surface area contributed by atoms with E-state index in [0.717, 1.165) is 90.2 Å². The average molecular weight is 760 g/mol. The second-order valence-corrected chi connectivity index (χ2v) is 15.6. The van der Waals surface area contributed by atoms with Crippen LogP contribution in [0, 0.1) is 0 Å². The summed E-state index contributed by atoms with van der Waals surface area (Å²) in [6.45, 7) is 11.3. The molecule has 4 nitrogen and oxygen atoms in total. The van der Waals surface area contributed by atoms with E-state index in [9.17, 15) is 0 Å². The van der Waals surface area contributed by atoms with Gasteiger partial charge in [-0.1, -0.05) is 99.0 Å². The molecule has 0 fully saturated rings. The summed E-state index contributed by atoms with van der Waals surface area (Å²) in [7, 11) is 0. The smallest absolute Gasteiger partial charge is 0.145 e. The third kappa shape index (κ3) is 5.67. The van der Waals surface area contributed by atoms with Crippen LogP contribution in [0.25, 0.3) is 66.9 Å². The van der Waals surface area contributed by atoms with E-state index in [1.807, 2.05) is 12.1 Å². The minimum atomic E-state index is 0.478. The number of aromatic nitrogens is 1. The van der Waals surface area contributed by atoms with Gasteiger partial charge >= 0.3 is 0 Å². The topological polar surface area (TPSA) is 24.6 Å². The Morgan fingerprint density at radius 1 is 0.576 bits per heavy atom. The fraction of sp³-hybridized carbons (Fsp3) is 0.0545. The van der Waals surface area contributed by atoms with Gasteiger partial charge in [-0.2, -0.15) is 0 Å². The summed E-state index contributed by atoms with van der Waals surface area (Å²) >= 11 is 0. The first-order valence-electron chi connectivity index (χ1n) is 20.3. The Labute approximate surface area is 344 Å². The number of allylic oxidation sites excluding steroid dienone is 9. The Morgan fingerprint density at radius 2 is 1.25 bits per heavy atom. The summed E-state index contributed by atoms with van der Waals surface area (Å²) in [5.74, 6) is 0.478. The van der Waals surface area contributed by atoms with Crippen LogP contribution in [0.4, 0.5) is 22.7 Å². The van der Waals surface area contributed by atoms with Crippen molar-refractivity contribution < 1.29 is 4.42 Å². The van der Waals surface area contributed by atoms with E-state index in [1.165, 1.54) is 22.2 Å². The number of nitrogens with zero attached hydrogens (tertiary/aromatic N) is 3. The van der Waals surface area contributed by atoms with Crippen LogP contribution < -0.4 is 9.80 Å². The Kier molecular flexibility index (Phi) is 8.12. The van der Waals surface area contributed by atoms with Gasteiger partial charge < -0.3 is 18.8 Å². The monoisotopic (exact) mass is 759 g/mol. The summed E-state index contributed by atoms with van der Waals surface area (Å²) in [5, 5.41) is 3.46. The van der Waals surface area contributed by atoms with Gasteiger partial charge in [0.05, 0.1) is 16.9 Å². The minimum absolute atomic E-state index is 0.478. The zero-order valence-electron chi connectivity index (χ0n) is 32.8. The van der Waals surface area contributed by atoms with Crippen molar-refractivity contribution in [3.05, 3.63) is 218 Å². The lowest BCUT2D eigenvalue weighted by Gasteiger charge is -2.25. The van der Waals surface area contributed by atoms with Gasteiger partial charge in [-0.05, 0) is 137 Å². The molecule has 6 aromatic carbocycles. The van der Waals surface area contributed by atoms with Gasteiger partial charge in [0.1, 0.15) is 11.2 Å². The van der Waals surface area contributed by atoms with Crippen molar-refractivity contribution in [3.8, 4) is 16.8 Å². The SMILES string of the molecule is C=C1/C=C\C=C/N(c2ccccc2)c2ccc(-c3ccc4oc5c6c(ccc5c4c3)N(c3ccc(-n4c5c(c7ccccc74)C(C)CC=C5)cc3)/C=C\C=C/C6=C)cc21. The number of furan rings is 1. The van der Waals surface area contributed by atoms with Crippen LogP contribution >= 0.6 is 0 Å². The first-order chi connectivity index (χ1) is 29.0. The first kappa shape index (κ1) is 34.7. The molecule has 3 aliphatic rings. The number of fused-ring (bicyclic) bond motifs is 9. The minimum Gasteiger partial charge on any atom is -0.455 e. The van der Waals surface area contributed by atoms with Crippen molar-refractivity contribution in [1.82, 2.24) is 4.57 Å². The third-order valence-electron chi connectivity index (χ3n) is 12.1. The summed E-state index contributed by atoms with van der Waals surface area (Å²) in [4.78, 5) is 4.46. The Hall–Kier alpha value is -7.56. The highest BCUT2D eigenvalue weighted by molar-refractivity contribution is 6.12. The van der Waals surface area contributed by atoms with Crippen LogP contribution in [0.5, 0.6) is 0 Å². The van der Waals surface area contributed by atoms with Crippen LogP contribution in [0.1, 0.15) is 41.6 Å². The molecule has 0 spiro atoms. The normalized spacial score (nSPS) is 18.2. The first-order valence-corrected chi connectivity index (χ1v) is 20.3. The molecule has 0 bridgehead atoms. The van der Waals surface area contributed by atoms with E-state index < -0.39 is 0 Å². The summed E-state index contributed by atoms with van der Waals surface area (Å²) < 4.78 is 9.18. The van der Waals surface area contributed by atoms with E-state index in [1.54, 1.807) is 0 Å². The zero-order valence-corrected chi connectivity index (χ0v) is 32.8. The predicted molar refractivity (Wildman–Crippen MR) is 250 cm³/mol. The van der Waals surface area contributed by atoms with Crippen molar-refractivity contribution >= 4 is 72.8 Å². The molecule has 8 aromatic rings. The highest BCUT2D eigenvalue weighted by Crippen LogP contribution is 2.45. The highest BCUT2D eigenvalue weighted by atomic mass is 16.3. The fourth-order valence-electron chi connectivity index (χ4n) is 9.20. The lowest BCUT2D eigenvalue weighted by molar-refractivity contribution is 0.668. The molecule has 4 heteroatoms. The number of para-hydroxylation sites is 2. The largest absolute Gasteiger partial charge is 0.455 e. The van der Waals surface area contributed by atoms with E-state index in [2.05, 4.69) is 211 Å². The molecule has 1 unspecified atom stereocenters. The second kappa shape index (κ2) is 13.8. The van der Waals surface area contributed by atoms with Crippen molar-refractivity contribution in [3.63, 3.8) is 0 Å². The van der Waals surface area contributed by atoms with Crippen LogP contribution in [-0.2, 0) is 0 Å². The average Bonchev–Trinajstić information content (AvgIpc) is 3.81. The third-order valence-corrected chi connectivity index (χ3v) is 12.1. The van der Waals surface area contributed by atoms with Crippen LogP contribution in [0.15, 0.2) is 200 Å². The van der Waals surface area contributed by atoms with Gasteiger partial charge in [0.2, 0.25) is 0 Å². The van der Waals surface area contributed by atoms with Crippen molar-refractivity contribution in [2.75, 3.05) is 9.80 Å². The zero-order chi connectivity index (χ0) is 39.6. The standard InChI is InChI=1S/C55H41N3O/c1-36-14-9-11-32-56(41-17-5-4-6-18-41)48-29-22-39(34-46(36)48)40-23-31-52-47(35-40)44-28-30-50-54(55(44)59-52)38(3)15-10-12-33-57(50)42-24-26-43(27-25-42)58-49-20-8-7-19-45(49)53-37(2)16-13-21-51(53)58/h4-15,17-35,37H,1,3,16H2,2H3/b14-9-,15-10-,32-11-,33-12-. The molecule has 2 aliphatic heterocycles. The molecular weight excluding hydrogens is 719 g/mol. The molecule has 4 heterocycles. The van der Waals surface area contributed by atoms with Gasteiger partial charge in [-0.15, -0.1) is 0 Å². The lowest BCUT2D eigenvalue weighted by Crippen LogP contribution is -2.11. The van der Waals surface area contributed by atoms with Gasteiger partial charge in [-0.25, -0.2) is 0 Å². The molecule has 0 saturated carbocycles. The van der Waals surface area contributed by atoms with Crippen LogP contribution in [-0.4, -0.2) is 4.57 Å². The van der Waals surface area contributed by atoms with Gasteiger partial charge in [-0.3, -0.25) is 0 Å². The fourth-order valence-corrected chi connectivity index (χ4v) is 9.20. The number of anilines is 4. The lowest BCUT2D eigenvalue weighted by atomic mass is 9.91. The predicted octanol–water partition coefficient (Wildman–Crippen LogP) is 15.2. The molecule has 59 heavy (non-hydrogen) atoms. The van der Waals surface area contributed by atoms with Crippen LogP contribution in [0.2, 0.25) is 0 Å². The molecule has 0 N–H and O–H groups in total. The molecule has 1 atom stereocenters. The number of benzene rings is 6. The van der Waals surface area contributed by atoms with E-state index in [-0.39, 0.29) is 0 Å². The second-order valence-electron chi connectivity index (χ2n) is 15.6. The Bertz CT molecular complexity index is 3180. The quantitative estimate of drug-likeness (QED) is 0.179. The maximum absolute atomic E-state index is 6.77. The molecule has 0 saturated heterocycles. The molecule has 282 valence electrons. The molecule has 0 amide bonds. The number of hydrogen-bond acceptors (Lipinski definition) is 3. The van der Waals surface area contributed by atoms with Crippen LogP contribution in [0.3, 0.4) is 0 Å². The summed E-state index contributed by atoms with van der Waals surface area (Å²) in [6.07, 6.45) is 22.3. The highest BCUT2D eigenvalue weighted by Gasteiger charge is 2.25. The van der Waals surface area contributed by atoms with Gasteiger partial charge in [0.15, 0.2) is 0 Å². The molecule has 2 aromatic heterocycles. The Morgan fingerprint density at radius 3 is 2.08 bits per heavy atom. The molecule has 1 aliphatic carbocycles. The van der Waals surface area contributed by atoms with Crippen molar-refractivity contribution in [2.24, 2.45) is 0 Å². The van der Waals surface area contributed by atoms with E-state index >= 15 is 0 Å². The summed E-state index contributed by atoms with van der Waals surface area (Å²) in [6, 6.07) is 45.7. The van der Waals surface area contributed by atoms with E-state index in [4.69, 9.17) is 4.42 Å². The maximum Gasteiger partial charge on any atom is 0.145 e. The van der Waals surface area contributed by atoms with Crippen molar-refractivity contribution in [1.29, 1.82) is 0 Å². The summed E-state index contributed by atoms with van der Waals surface area (Å²) in [5.41, 5.74) is 17.2. The van der Waals surface area contributed by atoms with Crippen molar-refractivity contribution in [2.45, 2.75) is 19.3 Å². The van der Waals surface area contributed by atoms with Gasteiger partial charge in [0.25, 0.3) is 0 Å². The molecular formula is C55H41N3O. The number of hydrogen-bond donors (Lipinski definition) is 0. The van der Waals surface area contributed by atoms with Gasteiger partial charge in [0, 0.05) is 62.4 Å².